The second-order valence-electron chi connectivity index (χ2n) is 9.08. The molecule has 0 spiro atoms. The van der Waals surface area contributed by atoms with Gasteiger partial charge in [0.2, 0.25) is 6.79 Å². The van der Waals surface area contributed by atoms with Crippen molar-refractivity contribution in [3.05, 3.63) is 88.5 Å². The van der Waals surface area contributed by atoms with Crippen LogP contribution in [-0.2, 0) is 13.0 Å². The number of para-hydroxylation sites is 2. The fourth-order valence-electron chi connectivity index (χ4n) is 5.02. The van der Waals surface area contributed by atoms with E-state index in [-0.39, 0.29) is 12.4 Å². The van der Waals surface area contributed by atoms with Crippen molar-refractivity contribution in [2.75, 3.05) is 13.9 Å². The lowest BCUT2D eigenvalue weighted by Gasteiger charge is -2.13. The van der Waals surface area contributed by atoms with Crippen molar-refractivity contribution < 1.29 is 14.2 Å². The third-order valence-electron chi connectivity index (χ3n) is 6.85. The van der Waals surface area contributed by atoms with Gasteiger partial charge in [0.1, 0.15) is 22.5 Å². The number of nitrogens with zero attached hydrogens (tertiary/aromatic N) is 5. The molecule has 188 valence electrons. The molecule has 0 unspecified atom stereocenters. The quantitative estimate of drug-likeness (QED) is 0.337. The average molecular weight is 506 g/mol. The van der Waals surface area contributed by atoms with Gasteiger partial charge in [-0.2, -0.15) is 0 Å². The molecular weight excluding hydrogens is 482 g/mol. The lowest BCUT2D eigenvalue weighted by molar-refractivity contribution is 0.174. The van der Waals surface area contributed by atoms with Gasteiger partial charge < -0.3 is 14.2 Å². The lowest BCUT2D eigenvalue weighted by atomic mass is 10.2. The molecule has 0 amide bonds. The molecule has 7 rings (SSSR count). The van der Waals surface area contributed by atoms with Gasteiger partial charge in [-0.1, -0.05) is 31.2 Å². The van der Waals surface area contributed by atoms with E-state index >= 15 is 0 Å². The van der Waals surface area contributed by atoms with Crippen molar-refractivity contribution in [1.29, 1.82) is 0 Å². The van der Waals surface area contributed by atoms with Crippen LogP contribution in [0.15, 0.2) is 71.5 Å². The van der Waals surface area contributed by atoms with Crippen molar-refractivity contribution in [3.63, 3.8) is 0 Å². The summed E-state index contributed by atoms with van der Waals surface area (Å²) in [5.41, 5.74) is 4.60. The van der Waals surface area contributed by atoms with Gasteiger partial charge in [0.15, 0.2) is 22.8 Å². The van der Waals surface area contributed by atoms with Crippen LogP contribution in [0.25, 0.3) is 38.9 Å². The predicted molar refractivity (Wildman–Crippen MR) is 144 cm³/mol. The van der Waals surface area contributed by atoms with Gasteiger partial charge in [0.05, 0.1) is 30.4 Å². The molecule has 38 heavy (non-hydrogen) atoms. The SMILES string of the molecule is CCc1nc2c(c(=O)n1Cc1ccc3c(c1)OCO3)c1nc3ccccc3nc1n2-c1cccc(OC)c1. The Balaban J connectivity index is 1.54. The zero-order valence-corrected chi connectivity index (χ0v) is 20.8. The number of aryl methyl sites for hydroxylation is 1. The van der Waals surface area contributed by atoms with E-state index in [0.29, 0.717) is 63.8 Å². The maximum absolute atomic E-state index is 14.2. The maximum Gasteiger partial charge on any atom is 0.265 e. The topological polar surface area (TPSA) is 93.3 Å². The third-order valence-corrected chi connectivity index (χ3v) is 6.85. The van der Waals surface area contributed by atoms with Crippen molar-refractivity contribution in [1.82, 2.24) is 24.1 Å². The molecule has 1 aliphatic heterocycles. The van der Waals surface area contributed by atoms with Crippen LogP contribution in [-0.4, -0.2) is 38.0 Å². The van der Waals surface area contributed by atoms with Crippen LogP contribution in [0, 0.1) is 0 Å². The Labute approximate surface area is 216 Å². The van der Waals surface area contributed by atoms with Gasteiger partial charge in [0, 0.05) is 12.5 Å². The highest BCUT2D eigenvalue weighted by Crippen LogP contribution is 2.33. The second-order valence-corrected chi connectivity index (χ2v) is 9.08. The fourth-order valence-corrected chi connectivity index (χ4v) is 5.02. The van der Waals surface area contributed by atoms with E-state index in [1.807, 2.05) is 78.2 Å². The number of fused-ring (bicyclic) bond motifs is 5. The first-order valence-corrected chi connectivity index (χ1v) is 12.4. The van der Waals surface area contributed by atoms with Crippen LogP contribution in [0.2, 0.25) is 0 Å². The van der Waals surface area contributed by atoms with Gasteiger partial charge in [-0.15, -0.1) is 0 Å². The smallest absolute Gasteiger partial charge is 0.265 e. The number of hydrogen-bond acceptors (Lipinski definition) is 7. The summed E-state index contributed by atoms with van der Waals surface area (Å²) >= 11 is 0. The first-order valence-electron chi connectivity index (χ1n) is 12.4. The number of benzene rings is 3. The zero-order valence-electron chi connectivity index (χ0n) is 20.8. The molecule has 6 aromatic rings. The molecule has 9 heteroatoms. The van der Waals surface area contributed by atoms with Crippen LogP contribution in [0.5, 0.6) is 17.2 Å². The van der Waals surface area contributed by atoms with Crippen LogP contribution in [0.3, 0.4) is 0 Å². The molecule has 0 bridgehead atoms. The third kappa shape index (κ3) is 3.39. The normalized spacial score (nSPS) is 12.6. The van der Waals surface area contributed by atoms with Gasteiger partial charge in [0.25, 0.3) is 5.56 Å². The van der Waals surface area contributed by atoms with E-state index in [0.717, 1.165) is 16.8 Å². The Morgan fingerprint density at radius 2 is 1.71 bits per heavy atom. The standard InChI is InChI=1S/C29H23N5O4/c1-3-24-32-27-25(29(35)33(24)15-17-11-12-22-23(13-17)38-16-37-22)26-28(31-21-10-5-4-9-20(21)30-26)34(27)18-7-6-8-19(14-18)36-2/h4-14H,3,15-16H2,1-2H3. The van der Waals surface area contributed by atoms with Gasteiger partial charge in [-0.05, 0) is 42.0 Å². The summed E-state index contributed by atoms with van der Waals surface area (Å²) in [5, 5.41) is 0.430. The minimum Gasteiger partial charge on any atom is -0.497 e. The number of methoxy groups -OCH3 is 1. The Morgan fingerprint density at radius 3 is 2.53 bits per heavy atom. The number of rotatable bonds is 5. The molecule has 4 heterocycles. The molecule has 9 nitrogen and oxygen atoms in total. The van der Waals surface area contributed by atoms with Gasteiger partial charge >= 0.3 is 0 Å². The Kier molecular flexibility index (Phi) is 5.04. The minimum atomic E-state index is -0.166. The van der Waals surface area contributed by atoms with Crippen LogP contribution >= 0.6 is 0 Å². The van der Waals surface area contributed by atoms with E-state index in [1.54, 1.807) is 11.7 Å². The Hall–Kier alpha value is -4.92. The Bertz CT molecular complexity index is 1940. The molecule has 0 fully saturated rings. The van der Waals surface area contributed by atoms with Gasteiger partial charge in [-0.3, -0.25) is 13.9 Å². The molecule has 1 aliphatic rings. The molecule has 0 atom stereocenters. The molecular formula is C29H23N5O4. The maximum atomic E-state index is 14.2. The molecule has 0 aliphatic carbocycles. The monoisotopic (exact) mass is 505 g/mol. The Morgan fingerprint density at radius 1 is 0.895 bits per heavy atom. The molecule has 3 aromatic carbocycles. The summed E-state index contributed by atoms with van der Waals surface area (Å²) in [7, 11) is 1.63. The highest BCUT2D eigenvalue weighted by molar-refractivity contribution is 6.05. The van der Waals surface area contributed by atoms with Crippen molar-refractivity contribution in [2.45, 2.75) is 19.9 Å². The molecule has 3 aromatic heterocycles. The van der Waals surface area contributed by atoms with Crippen LogP contribution < -0.4 is 19.8 Å². The van der Waals surface area contributed by atoms with Crippen LogP contribution in [0.1, 0.15) is 18.3 Å². The molecule has 0 radical (unpaired) electrons. The highest BCUT2D eigenvalue weighted by atomic mass is 16.7. The van der Waals surface area contributed by atoms with E-state index in [1.165, 1.54) is 0 Å². The lowest BCUT2D eigenvalue weighted by Crippen LogP contribution is -2.26. The van der Waals surface area contributed by atoms with E-state index < -0.39 is 0 Å². The summed E-state index contributed by atoms with van der Waals surface area (Å²) in [5.74, 6) is 2.73. The fraction of sp³-hybridized carbons (Fsp3) is 0.172. The van der Waals surface area contributed by atoms with Gasteiger partial charge in [-0.25, -0.2) is 15.0 Å². The average Bonchev–Trinajstić information content (AvgIpc) is 3.54. The summed E-state index contributed by atoms with van der Waals surface area (Å²) in [6.45, 7) is 2.53. The summed E-state index contributed by atoms with van der Waals surface area (Å²) < 4.78 is 20.1. The van der Waals surface area contributed by atoms with Crippen molar-refractivity contribution in [3.8, 4) is 22.9 Å². The summed E-state index contributed by atoms with van der Waals surface area (Å²) in [6, 6.07) is 21.0. The van der Waals surface area contributed by atoms with E-state index in [4.69, 9.17) is 29.2 Å². The molecule has 0 N–H and O–H groups in total. The minimum absolute atomic E-state index is 0.166. The van der Waals surface area contributed by atoms with Crippen molar-refractivity contribution >= 4 is 33.2 Å². The van der Waals surface area contributed by atoms with E-state index in [9.17, 15) is 4.79 Å². The zero-order chi connectivity index (χ0) is 25.8. The second kappa shape index (κ2) is 8.58. The largest absolute Gasteiger partial charge is 0.497 e. The molecule has 0 saturated carbocycles. The number of ether oxygens (including phenoxy) is 3. The first-order chi connectivity index (χ1) is 18.6. The first kappa shape index (κ1) is 22.3. The summed E-state index contributed by atoms with van der Waals surface area (Å²) in [6.07, 6.45) is 0.568. The predicted octanol–water partition coefficient (Wildman–Crippen LogP) is 4.63. The summed E-state index contributed by atoms with van der Waals surface area (Å²) in [4.78, 5) is 29.1. The van der Waals surface area contributed by atoms with Crippen molar-refractivity contribution in [2.24, 2.45) is 0 Å². The van der Waals surface area contributed by atoms with Crippen LogP contribution in [0.4, 0.5) is 0 Å². The number of aromatic nitrogens is 5. The number of hydrogen-bond donors (Lipinski definition) is 0. The van der Waals surface area contributed by atoms with E-state index in [2.05, 4.69) is 0 Å². The highest BCUT2D eigenvalue weighted by Gasteiger charge is 2.23. The molecule has 0 saturated heterocycles.